The summed E-state index contributed by atoms with van der Waals surface area (Å²) in [5.41, 5.74) is 9.28. The maximum Gasteiger partial charge on any atom is 0.241 e. The normalized spacial score (nSPS) is 19.2. The number of hydrogen-bond acceptors (Lipinski definition) is 8. The Labute approximate surface area is 205 Å². The monoisotopic (exact) mass is 525 g/mol. The highest BCUT2D eigenvalue weighted by atomic mass is 79.9. The van der Waals surface area contributed by atoms with Gasteiger partial charge in [0, 0.05) is 22.2 Å². The van der Waals surface area contributed by atoms with E-state index >= 15 is 0 Å². The van der Waals surface area contributed by atoms with E-state index < -0.39 is 6.04 Å². The lowest BCUT2D eigenvalue weighted by atomic mass is 9.78. The molecule has 0 saturated heterocycles. The van der Waals surface area contributed by atoms with Gasteiger partial charge >= 0.3 is 0 Å². The number of fused-ring (bicyclic) bond motifs is 1. The molecule has 0 spiro atoms. The third kappa shape index (κ3) is 3.67. The number of nitrogen functional groups attached to an aromatic ring is 1. The lowest BCUT2D eigenvalue weighted by Gasteiger charge is -2.35. The molecule has 10 heteroatoms. The van der Waals surface area contributed by atoms with Crippen molar-refractivity contribution >= 4 is 33.6 Å². The minimum absolute atomic E-state index is 0.0391. The first-order chi connectivity index (χ1) is 16.4. The molecule has 0 bridgehead atoms. The van der Waals surface area contributed by atoms with Crippen LogP contribution in [0.15, 0.2) is 52.1 Å². The number of nitrogens with zero attached hydrogens (tertiary/aromatic N) is 3. The van der Waals surface area contributed by atoms with E-state index in [1.54, 1.807) is 26.0 Å². The van der Waals surface area contributed by atoms with E-state index in [2.05, 4.69) is 31.3 Å². The predicted octanol–water partition coefficient (Wildman–Crippen LogP) is 4.06. The Balaban J connectivity index is 1.59. The van der Waals surface area contributed by atoms with Gasteiger partial charge in [0.2, 0.25) is 17.6 Å². The molecule has 2 atom stereocenters. The molecule has 5 rings (SSSR count). The first-order valence-corrected chi connectivity index (χ1v) is 11.5. The Morgan fingerprint density at radius 2 is 1.79 bits per heavy atom. The molecule has 3 N–H and O–H groups in total. The number of methoxy groups -OCH3 is 3. The Morgan fingerprint density at radius 1 is 1.06 bits per heavy atom. The summed E-state index contributed by atoms with van der Waals surface area (Å²) >= 11 is 3.54. The molecule has 1 aromatic heterocycles. The Bertz CT molecular complexity index is 1290. The summed E-state index contributed by atoms with van der Waals surface area (Å²) in [7, 11) is 4.73. The van der Waals surface area contributed by atoms with Crippen LogP contribution in [0.4, 0.5) is 11.9 Å². The fourth-order valence-electron chi connectivity index (χ4n) is 4.79. The number of allylic oxidation sites excluding steroid dienone is 2. The smallest absolute Gasteiger partial charge is 0.241 e. The van der Waals surface area contributed by atoms with Crippen molar-refractivity contribution in [2.45, 2.75) is 24.8 Å². The van der Waals surface area contributed by atoms with Gasteiger partial charge in [-0.05, 0) is 47.7 Å². The number of carbonyl (C=O) groups excluding carboxylic acids is 1. The predicted molar refractivity (Wildman–Crippen MR) is 130 cm³/mol. The molecule has 0 amide bonds. The largest absolute Gasteiger partial charge is 0.493 e. The quantitative estimate of drug-likeness (QED) is 0.512. The van der Waals surface area contributed by atoms with Gasteiger partial charge in [-0.3, -0.25) is 4.79 Å². The number of ketones is 1. The van der Waals surface area contributed by atoms with E-state index in [-0.39, 0.29) is 17.6 Å². The number of rotatable bonds is 5. The van der Waals surface area contributed by atoms with Crippen LogP contribution in [-0.2, 0) is 4.79 Å². The van der Waals surface area contributed by atoms with Crippen LogP contribution in [0.1, 0.15) is 35.9 Å². The van der Waals surface area contributed by atoms with Crippen molar-refractivity contribution in [3.05, 3.63) is 63.3 Å². The summed E-state index contributed by atoms with van der Waals surface area (Å²) in [4.78, 5) is 18.0. The van der Waals surface area contributed by atoms with Gasteiger partial charge in [0.25, 0.3) is 0 Å². The van der Waals surface area contributed by atoms with E-state index in [0.717, 1.165) is 21.3 Å². The Kier molecular flexibility index (Phi) is 5.68. The fourth-order valence-corrected chi connectivity index (χ4v) is 5.20. The number of carbonyl (C=O) groups is 1. The number of anilines is 2. The third-order valence-electron chi connectivity index (χ3n) is 6.26. The van der Waals surface area contributed by atoms with Crippen LogP contribution in [0.2, 0.25) is 0 Å². The van der Waals surface area contributed by atoms with Crippen LogP contribution in [-0.4, -0.2) is 41.9 Å². The summed E-state index contributed by atoms with van der Waals surface area (Å²) in [6.45, 7) is 0. The average molecular weight is 526 g/mol. The minimum atomic E-state index is -0.415. The molecule has 1 aliphatic heterocycles. The molecule has 3 aromatic rings. The summed E-state index contributed by atoms with van der Waals surface area (Å²) in [5.74, 6) is 2.25. The van der Waals surface area contributed by atoms with Crippen molar-refractivity contribution in [2.24, 2.45) is 0 Å². The highest BCUT2D eigenvalue weighted by Crippen LogP contribution is 2.47. The van der Waals surface area contributed by atoms with Gasteiger partial charge in [-0.1, -0.05) is 28.1 Å². The molecular weight excluding hydrogens is 502 g/mol. The molecule has 9 nitrogen and oxygen atoms in total. The zero-order chi connectivity index (χ0) is 24.0. The molecule has 0 saturated carbocycles. The van der Waals surface area contributed by atoms with Crippen molar-refractivity contribution in [2.75, 3.05) is 32.4 Å². The number of aromatic nitrogens is 3. The second-order valence-electron chi connectivity index (χ2n) is 8.20. The van der Waals surface area contributed by atoms with Gasteiger partial charge in [0.05, 0.1) is 21.3 Å². The van der Waals surface area contributed by atoms with Crippen molar-refractivity contribution in [3.8, 4) is 17.2 Å². The van der Waals surface area contributed by atoms with Crippen molar-refractivity contribution in [1.29, 1.82) is 0 Å². The van der Waals surface area contributed by atoms with Crippen LogP contribution >= 0.6 is 15.9 Å². The van der Waals surface area contributed by atoms with Gasteiger partial charge in [0.15, 0.2) is 17.3 Å². The summed E-state index contributed by atoms with van der Waals surface area (Å²) < 4.78 is 19.1. The van der Waals surface area contributed by atoms with Gasteiger partial charge in [0.1, 0.15) is 6.04 Å². The second-order valence-corrected chi connectivity index (χ2v) is 9.12. The molecule has 34 heavy (non-hydrogen) atoms. The van der Waals surface area contributed by atoms with E-state index in [4.69, 9.17) is 19.9 Å². The number of ether oxygens (including phenoxy) is 3. The molecule has 2 aliphatic rings. The van der Waals surface area contributed by atoms with Crippen LogP contribution in [0.5, 0.6) is 17.2 Å². The number of halogens is 1. The molecular formula is C24H24BrN5O4. The highest BCUT2D eigenvalue weighted by Gasteiger charge is 2.40. The van der Waals surface area contributed by atoms with E-state index in [9.17, 15) is 4.79 Å². The number of Topliss-reactive ketones (excluding diaryl/α,β-unsaturated/α-hetero) is 1. The van der Waals surface area contributed by atoms with E-state index in [1.807, 2.05) is 36.4 Å². The van der Waals surface area contributed by atoms with E-state index in [0.29, 0.717) is 41.6 Å². The molecule has 2 heterocycles. The summed E-state index contributed by atoms with van der Waals surface area (Å²) in [6, 6.07) is 11.2. The first-order valence-electron chi connectivity index (χ1n) is 10.7. The maximum atomic E-state index is 13.6. The standard InChI is InChI=1S/C24H24BrN5O4/c1-32-18-10-14(11-19(33-2)22(18)34-3)13-8-16-20(17(31)9-13)21(12-5-4-6-15(25)7-12)30-24(27-16)28-23(26)29-30/h4-7,10-11,13,21H,8-9H2,1-3H3,(H3,26,27,28,29)/t13-,21+/m0/s1. The van der Waals surface area contributed by atoms with Crippen molar-refractivity contribution in [3.63, 3.8) is 0 Å². The van der Waals surface area contributed by atoms with Crippen molar-refractivity contribution < 1.29 is 19.0 Å². The molecule has 0 radical (unpaired) electrons. The number of benzene rings is 2. The summed E-state index contributed by atoms with van der Waals surface area (Å²) in [6.07, 6.45) is 0.945. The van der Waals surface area contributed by atoms with Gasteiger partial charge in [-0.25, -0.2) is 4.68 Å². The van der Waals surface area contributed by atoms with Gasteiger partial charge in [-0.2, -0.15) is 4.98 Å². The molecule has 176 valence electrons. The lowest BCUT2D eigenvalue weighted by molar-refractivity contribution is -0.116. The number of nitrogens with one attached hydrogen (secondary N) is 1. The SMILES string of the molecule is COc1cc([C@@H]2CC(=O)C3=C(C2)Nc2nc(N)nn2[C@@H]3c2cccc(Br)c2)cc(OC)c1OC. The van der Waals surface area contributed by atoms with Crippen LogP contribution < -0.4 is 25.3 Å². The molecule has 0 fully saturated rings. The highest BCUT2D eigenvalue weighted by molar-refractivity contribution is 9.10. The second kappa shape index (κ2) is 8.68. The number of nitrogens with two attached hydrogens (primary N) is 1. The van der Waals surface area contributed by atoms with E-state index in [1.165, 1.54) is 0 Å². The third-order valence-corrected chi connectivity index (χ3v) is 6.75. The fraction of sp³-hybridized carbons (Fsp3) is 0.292. The molecule has 2 aromatic carbocycles. The van der Waals surface area contributed by atoms with Gasteiger partial charge < -0.3 is 25.3 Å². The zero-order valence-corrected chi connectivity index (χ0v) is 20.5. The summed E-state index contributed by atoms with van der Waals surface area (Å²) in [5, 5.41) is 7.69. The average Bonchev–Trinajstić information content (AvgIpc) is 3.20. The van der Waals surface area contributed by atoms with Crippen LogP contribution in [0.25, 0.3) is 0 Å². The minimum Gasteiger partial charge on any atom is -0.493 e. The first kappa shape index (κ1) is 22.3. The van der Waals surface area contributed by atoms with Gasteiger partial charge in [-0.15, -0.1) is 5.10 Å². The topological polar surface area (TPSA) is 114 Å². The maximum absolute atomic E-state index is 13.6. The zero-order valence-electron chi connectivity index (χ0n) is 19.0. The molecule has 0 unspecified atom stereocenters. The van der Waals surface area contributed by atoms with Crippen LogP contribution in [0, 0.1) is 0 Å². The van der Waals surface area contributed by atoms with Crippen molar-refractivity contribution in [1.82, 2.24) is 14.8 Å². The molecule has 1 aliphatic carbocycles. The number of hydrogen-bond donors (Lipinski definition) is 2. The lowest BCUT2D eigenvalue weighted by Crippen LogP contribution is -2.33. The van der Waals surface area contributed by atoms with Crippen LogP contribution in [0.3, 0.4) is 0 Å². The Morgan fingerprint density at radius 3 is 2.44 bits per heavy atom. The Hall–Kier alpha value is -3.53.